The number of rotatable bonds is 1. The molecule has 0 saturated carbocycles. The van der Waals surface area contributed by atoms with E-state index >= 15 is 0 Å². The van der Waals surface area contributed by atoms with Crippen LogP contribution in [0.25, 0.3) is 11.1 Å². The van der Waals surface area contributed by atoms with Crippen molar-refractivity contribution in [1.29, 1.82) is 0 Å². The van der Waals surface area contributed by atoms with E-state index in [0.717, 1.165) is 5.56 Å². The Morgan fingerprint density at radius 1 is 1.00 bits per heavy atom. The molecule has 0 atom stereocenters. The standard InChI is InChI=1S/C11H8NO/c13-11-6-2-1-5-10(11)9-4-3-7-12-8-9/h1-8H. The largest absolute Gasteiger partial charge is 0.289 e. The summed E-state index contributed by atoms with van der Waals surface area (Å²) in [6, 6.07) is 10.7. The summed E-state index contributed by atoms with van der Waals surface area (Å²) >= 11 is 0. The average Bonchev–Trinajstić information content (AvgIpc) is 2.20. The molecule has 0 N–H and O–H groups in total. The van der Waals surface area contributed by atoms with Crippen molar-refractivity contribution in [2.24, 2.45) is 0 Å². The molecule has 0 bridgehead atoms. The van der Waals surface area contributed by atoms with Gasteiger partial charge in [-0.1, -0.05) is 24.3 Å². The summed E-state index contributed by atoms with van der Waals surface area (Å²) in [4.78, 5) is 3.96. The van der Waals surface area contributed by atoms with Crippen molar-refractivity contribution in [2.75, 3.05) is 0 Å². The van der Waals surface area contributed by atoms with E-state index in [0.29, 0.717) is 5.56 Å². The molecule has 0 saturated heterocycles. The second kappa shape index (κ2) is 3.27. The smallest absolute Gasteiger partial charge is 0.186 e. The van der Waals surface area contributed by atoms with Crippen LogP contribution in [0.15, 0.2) is 48.8 Å². The maximum atomic E-state index is 11.4. The number of nitrogens with zero attached hydrogens (tertiary/aromatic N) is 1. The Morgan fingerprint density at radius 3 is 2.54 bits per heavy atom. The third-order valence-corrected chi connectivity index (χ3v) is 1.86. The number of aromatic nitrogens is 1. The third kappa shape index (κ3) is 1.51. The van der Waals surface area contributed by atoms with Gasteiger partial charge in [0.2, 0.25) is 0 Å². The molecular formula is C11H8NO. The molecule has 1 radical (unpaired) electrons. The normalized spacial score (nSPS) is 9.85. The molecule has 0 aliphatic heterocycles. The molecule has 1 heterocycles. The summed E-state index contributed by atoms with van der Waals surface area (Å²) < 4.78 is 0. The van der Waals surface area contributed by atoms with Crippen molar-refractivity contribution in [3.8, 4) is 16.9 Å². The summed E-state index contributed by atoms with van der Waals surface area (Å²) in [5.41, 5.74) is 1.57. The fraction of sp³-hybridized carbons (Fsp3) is 0. The van der Waals surface area contributed by atoms with Crippen molar-refractivity contribution in [3.63, 3.8) is 0 Å². The summed E-state index contributed by atoms with van der Waals surface area (Å²) in [6.45, 7) is 0. The van der Waals surface area contributed by atoms with Gasteiger partial charge in [0.05, 0.1) is 0 Å². The minimum absolute atomic E-state index is 0.0375. The minimum atomic E-state index is 0.0375. The van der Waals surface area contributed by atoms with E-state index in [4.69, 9.17) is 0 Å². The quantitative estimate of drug-likeness (QED) is 0.647. The molecule has 0 amide bonds. The van der Waals surface area contributed by atoms with Crippen molar-refractivity contribution in [1.82, 2.24) is 4.98 Å². The Bertz CT molecular complexity index is 398. The SMILES string of the molecule is [O]c1ccccc1-c1cccnc1. The molecular weight excluding hydrogens is 162 g/mol. The summed E-state index contributed by atoms with van der Waals surface area (Å²) in [5.74, 6) is 0.0375. The Labute approximate surface area is 76.5 Å². The lowest BCUT2D eigenvalue weighted by Crippen LogP contribution is -1.78. The van der Waals surface area contributed by atoms with Gasteiger partial charge in [0, 0.05) is 23.5 Å². The predicted molar refractivity (Wildman–Crippen MR) is 49.8 cm³/mol. The molecule has 63 valence electrons. The highest BCUT2D eigenvalue weighted by atomic mass is 16.3. The summed E-state index contributed by atoms with van der Waals surface area (Å²) in [6.07, 6.45) is 3.38. The van der Waals surface area contributed by atoms with Gasteiger partial charge in [-0.05, 0) is 12.1 Å². The summed E-state index contributed by atoms with van der Waals surface area (Å²) in [5, 5.41) is 11.4. The zero-order valence-corrected chi connectivity index (χ0v) is 6.97. The highest BCUT2D eigenvalue weighted by Crippen LogP contribution is 2.27. The molecule has 0 spiro atoms. The van der Waals surface area contributed by atoms with E-state index in [1.54, 1.807) is 30.6 Å². The first-order valence-corrected chi connectivity index (χ1v) is 4.04. The van der Waals surface area contributed by atoms with Gasteiger partial charge in [-0.25, -0.2) is 0 Å². The van der Waals surface area contributed by atoms with Gasteiger partial charge in [0.25, 0.3) is 0 Å². The van der Waals surface area contributed by atoms with Crippen molar-refractivity contribution >= 4 is 0 Å². The van der Waals surface area contributed by atoms with Crippen LogP contribution in [0.5, 0.6) is 5.75 Å². The fourth-order valence-corrected chi connectivity index (χ4v) is 1.23. The molecule has 0 unspecified atom stereocenters. The van der Waals surface area contributed by atoms with E-state index in [1.807, 2.05) is 18.2 Å². The van der Waals surface area contributed by atoms with Gasteiger partial charge in [-0.2, -0.15) is 0 Å². The van der Waals surface area contributed by atoms with E-state index in [1.165, 1.54) is 0 Å². The highest BCUT2D eigenvalue weighted by molar-refractivity contribution is 5.68. The molecule has 13 heavy (non-hydrogen) atoms. The number of para-hydroxylation sites is 1. The zero-order valence-electron chi connectivity index (χ0n) is 6.97. The molecule has 1 aromatic carbocycles. The topological polar surface area (TPSA) is 32.8 Å². The van der Waals surface area contributed by atoms with E-state index < -0.39 is 0 Å². The Balaban J connectivity index is 2.54. The molecule has 0 aliphatic carbocycles. The molecule has 0 fully saturated rings. The maximum absolute atomic E-state index is 11.4. The monoisotopic (exact) mass is 170 g/mol. The van der Waals surface area contributed by atoms with Gasteiger partial charge in [0.1, 0.15) is 0 Å². The van der Waals surface area contributed by atoms with Gasteiger partial charge >= 0.3 is 0 Å². The molecule has 0 aliphatic rings. The van der Waals surface area contributed by atoms with Gasteiger partial charge in [0.15, 0.2) is 5.75 Å². The second-order valence-corrected chi connectivity index (χ2v) is 2.74. The average molecular weight is 170 g/mol. The number of benzene rings is 1. The number of hydrogen-bond donors (Lipinski definition) is 0. The Hall–Kier alpha value is -1.83. The second-order valence-electron chi connectivity index (χ2n) is 2.74. The van der Waals surface area contributed by atoms with Crippen LogP contribution in [0, 0.1) is 0 Å². The van der Waals surface area contributed by atoms with Crippen LogP contribution in [0.1, 0.15) is 0 Å². The van der Waals surface area contributed by atoms with Gasteiger partial charge in [-0.15, -0.1) is 0 Å². The molecule has 1 aromatic heterocycles. The summed E-state index contributed by atoms with van der Waals surface area (Å²) in [7, 11) is 0. The zero-order chi connectivity index (χ0) is 9.10. The van der Waals surface area contributed by atoms with Crippen LogP contribution in [0.2, 0.25) is 0 Å². The third-order valence-electron chi connectivity index (χ3n) is 1.86. The number of pyridine rings is 1. The van der Waals surface area contributed by atoms with Crippen LogP contribution in [0.3, 0.4) is 0 Å². The lowest BCUT2D eigenvalue weighted by Gasteiger charge is -2.00. The van der Waals surface area contributed by atoms with Crippen LogP contribution in [-0.2, 0) is 5.11 Å². The van der Waals surface area contributed by atoms with E-state index in [2.05, 4.69) is 4.98 Å². The minimum Gasteiger partial charge on any atom is -0.289 e. The molecule has 2 heteroatoms. The predicted octanol–water partition coefficient (Wildman–Crippen LogP) is 2.89. The van der Waals surface area contributed by atoms with Crippen molar-refractivity contribution < 1.29 is 5.11 Å². The first-order valence-electron chi connectivity index (χ1n) is 4.04. The van der Waals surface area contributed by atoms with Crippen LogP contribution < -0.4 is 0 Å². The fourth-order valence-electron chi connectivity index (χ4n) is 1.23. The molecule has 2 aromatic rings. The van der Waals surface area contributed by atoms with E-state index in [-0.39, 0.29) is 5.75 Å². The highest BCUT2D eigenvalue weighted by Gasteiger charge is 2.02. The van der Waals surface area contributed by atoms with Crippen molar-refractivity contribution in [2.45, 2.75) is 0 Å². The first-order chi connectivity index (χ1) is 6.38. The Kier molecular flexibility index (Phi) is 1.96. The Morgan fingerprint density at radius 2 is 1.85 bits per heavy atom. The molecule has 2 rings (SSSR count). The lowest BCUT2D eigenvalue weighted by atomic mass is 10.1. The molecule has 2 nitrogen and oxygen atoms in total. The first kappa shape index (κ1) is 7.80. The van der Waals surface area contributed by atoms with Crippen LogP contribution in [0.4, 0.5) is 0 Å². The van der Waals surface area contributed by atoms with Crippen molar-refractivity contribution in [3.05, 3.63) is 48.8 Å². The van der Waals surface area contributed by atoms with E-state index in [9.17, 15) is 5.11 Å². The van der Waals surface area contributed by atoms with Crippen LogP contribution in [-0.4, -0.2) is 4.98 Å². The van der Waals surface area contributed by atoms with Gasteiger partial charge in [-0.3, -0.25) is 10.1 Å². The lowest BCUT2D eigenvalue weighted by molar-refractivity contribution is 0.356. The van der Waals surface area contributed by atoms with Gasteiger partial charge < -0.3 is 0 Å². The maximum Gasteiger partial charge on any atom is 0.186 e. The number of hydrogen-bond acceptors (Lipinski definition) is 1. The van der Waals surface area contributed by atoms with Crippen LogP contribution >= 0.6 is 0 Å².